The molecule has 0 amide bonds. The Labute approximate surface area is 248 Å². The second-order valence-electron chi connectivity index (χ2n) is 9.82. The first-order chi connectivity index (χ1) is 20.6. The zero-order valence-electron chi connectivity index (χ0n) is 24.3. The van der Waals surface area contributed by atoms with Gasteiger partial charge in [0.2, 0.25) is 0 Å². The van der Waals surface area contributed by atoms with E-state index >= 15 is 4.57 Å². The second-order valence-corrected chi connectivity index (χ2v) is 12.8. The molecule has 0 heterocycles. The predicted molar refractivity (Wildman–Crippen MR) is 169 cm³/mol. The summed E-state index contributed by atoms with van der Waals surface area (Å²) < 4.78 is 40.7. The summed E-state index contributed by atoms with van der Waals surface area (Å²) >= 11 is 0. The first-order valence-corrected chi connectivity index (χ1v) is 15.6. The molecule has 0 N–H and O–H groups in total. The fourth-order valence-corrected chi connectivity index (χ4v) is 9.88. The van der Waals surface area contributed by atoms with Gasteiger partial charge >= 0.3 is 0 Å². The molecular weight excluding hydrogens is 543 g/mol. The molecule has 5 nitrogen and oxygen atoms in total. The third-order valence-corrected chi connectivity index (χ3v) is 11.4. The summed E-state index contributed by atoms with van der Waals surface area (Å²) in [6.07, 6.45) is 0. The first-order valence-electron chi connectivity index (χ1n) is 13.7. The van der Waals surface area contributed by atoms with Gasteiger partial charge in [-0.05, 0) is 35.4 Å². The Balaban J connectivity index is 2.00. The van der Waals surface area contributed by atoms with E-state index in [1.54, 1.807) is 28.4 Å². The van der Waals surface area contributed by atoms with Crippen molar-refractivity contribution in [3.05, 3.63) is 150 Å². The average molecular weight is 579 g/mol. The fraction of sp³-hybridized carbons (Fsp3) is 0.167. The maximum Gasteiger partial charge on any atom is 0.138 e. The van der Waals surface area contributed by atoms with Crippen LogP contribution in [-0.2, 0) is 4.57 Å². The maximum atomic E-state index is 16.9. The number of benzene rings is 5. The molecule has 6 heteroatoms. The van der Waals surface area contributed by atoms with Gasteiger partial charge in [-0.25, -0.2) is 0 Å². The van der Waals surface area contributed by atoms with Crippen molar-refractivity contribution >= 4 is 12.4 Å². The number of methoxy groups -OCH3 is 4. The Morgan fingerprint density at radius 2 is 0.738 bits per heavy atom. The molecule has 0 aliphatic carbocycles. The van der Waals surface area contributed by atoms with Crippen molar-refractivity contribution in [3.63, 3.8) is 0 Å². The van der Waals surface area contributed by atoms with Crippen LogP contribution in [0.3, 0.4) is 0 Å². The molecule has 0 saturated carbocycles. The van der Waals surface area contributed by atoms with Gasteiger partial charge in [-0.15, -0.1) is 0 Å². The summed E-state index contributed by atoms with van der Waals surface area (Å²) in [6.45, 7) is 0. The van der Waals surface area contributed by atoms with Gasteiger partial charge in [0.15, 0.2) is 0 Å². The zero-order chi connectivity index (χ0) is 29.5. The Hall–Kier alpha value is -4.47. The van der Waals surface area contributed by atoms with Crippen LogP contribution in [0.5, 0.6) is 23.0 Å². The van der Waals surface area contributed by atoms with Crippen LogP contribution in [0, 0.1) is 0 Å². The molecule has 214 valence electrons. The standard InChI is InChI=1S/C36H35O5P/c1-38-29-22-14-23-30(39-2)33(29)35(26-16-8-5-9-17-26)42(37,28-20-12-7-13-21-28)36(27-18-10-6-11-19-27)34-31(40-3)24-15-25-32(34)41-4/h5-25,35-36H,1-4H3. The van der Waals surface area contributed by atoms with E-state index in [0.29, 0.717) is 28.3 Å². The molecule has 0 saturated heterocycles. The molecule has 0 fully saturated rings. The highest BCUT2D eigenvalue weighted by Crippen LogP contribution is 2.74. The maximum absolute atomic E-state index is 16.9. The Morgan fingerprint density at radius 3 is 1.05 bits per heavy atom. The van der Waals surface area contributed by atoms with Gasteiger partial charge in [0.25, 0.3) is 0 Å². The molecule has 5 aromatic carbocycles. The minimum Gasteiger partial charge on any atom is -0.496 e. The van der Waals surface area contributed by atoms with E-state index in [1.807, 2.05) is 127 Å². The number of hydrogen-bond donors (Lipinski definition) is 0. The van der Waals surface area contributed by atoms with Crippen LogP contribution in [0.2, 0.25) is 0 Å². The summed E-state index contributed by atoms with van der Waals surface area (Å²) in [7, 11) is 2.86. The molecular formula is C36H35O5P. The normalized spacial score (nSPS) is 13.8. The molecule has 0 radical (unpaired) electrons. The lowest BCUT2D eigenvalue weighted by atomic mass is 10.0. The van der Waals surface area contributed by atoms with Crippen molar-refractivity contribution < 1.29 is 23.5 Å². The van der Waals surface area contributed by atoms with Crippen molar-refractivity contribution in [3.8, 4) is 23.0 Å². The molecule has 0 aliphatic heterocycles. The van der Waals surface area contributed by atoms with E-state index in [1.165, 1.54) is 0 Å². The van der Waals surface area contributed by atoms with Gasteiger partial charge in [0, 0.05) is 5.30 Å². The molecule has 0 spiro atoms. The van der Waals surface area contributed by atoms with Gasteiger partial charge in [0.05, 0.1) is 50.9 Å². The molecule has 2 unspecified atom stereocenters. The summed E-state index contributed by atoms with van der Waals surface area (Å²) in [4.78, 5) is 0. The van der Waals surface area contributed by atoms with Crippen molar-refractivity contribution in [1.82, 2.24) is 0 Å². The molecule has 0 aliphatic rings. The van der Waals surface area contributed by atoms with Gasteiger partial charge in [-0.1, -0.05) is 103 Å². The summed E-state index contributed by atoms with van der Waals surface area (Å²) in [5.74, 6) is 2.38. The van der Waals surface area contributed by atoms with Crippen molar-refractivity contribution in [2.24, 2.45) is 0 Å². The van der Waals surface area contributed by atoms with E-state index in [-0.39, 0.29) is 0 Å². The van der Waals surface area contributed by atoms with Crippen LogP contribution < -0.4 is 24.3 Å². The molecule has 42 heavy (non-hydrogen) atoms. The average Bonchev–Trinajstić information content (AvgIpc) is 3.06. The van der Waals surface area contributed by atoms with E-state index in [0.717, 1.165) is 22.3 Å². The highest BCUT2D eigenvalue weighted by atomic mass is 31.2. The minimum absolute atomic E-state index is 0.596. The van der Waals surface area contributed by atoms with E-state index < -0.39 is 18.5 Å². The van der Waals surface area contributed by atoms with E-state index in [2.05, 4.69) is 0 Å². The van der Waals surface area contributed by atoms with E-state index in [9.17, 15) is 0 Å². The van der Waals surface area contributed by atoms with Crippen molar-refractivity contribution in [1.29, 1.82) is 0 Å². The fourth-order valence-electron chi connectivity index (χ4n) is 5.84. The first kappa shape index (κ1) is 29.0. The smallest absolute Gasteiger partial charge is 0.138 e. The van der Waals surface area contributed by atoms with Crippen LogP contribution in [-0.4, -0.2) is 28.4 Å². The zero-order valence-corrected chi connectivity index (χ0v) is 25.2. The van der Waals surface area contributed by atoms with Crippen LogP contribution >= 0.6 is 7.14 Å². The van der Waals surface area contributed by atoms with Gasteiger partial charge in [-0.2, -0.15) is 0 Å². The van der Waals surface area contributed by atoms with Crippen LogP contribution in [0.15, 0.2) is 127 Å². The highest BCUT2D eigenvalue weighted by Gasteiger charge is 2.49. The highest BCUT2D eigenvalue weighted by molar-refractivity contribution is 7.72. The molecule has 5 aromatic rings. The third kappa shape index (κ3) is 5.29. The van der Waals surface area contributed by atoms with Crippen molar-refractivity contribution in [2.45, 2.75) is 11.3 Å². The number of ether oxygens (including phenoxy) is 4. The number of rotatable bonds is 11. The van der Waals surface area contributed by atoms with Gasteiger partial charge in [0.1, 0.15) is 30.1 Å². The topological polar surface area (TPSA) is 54.0 Å². The Bertz CT molecular complexity index is 1510. The second kappa shape index (κ2) is 13.0. The van der Waals surface area contributed by atoms with Crippen LogP contribution in [0.4, 0.5) is 0 Å². The largest absolute Gasteiger partial charge is 0.496 e. The SMILES string of the molecule is COc1cccc(OC)c1C(c1ccccc1)P(=O)(c1ccccc1)C(c1ccccc1)c1c(OC)cccc1OC. The summed E-state index contributed by atoms with van der Waals surface area (Å²) in [5, 5.41) is 0.716. The molecule has 2 atom stereocenters. The number of hydrogen-bond acceptors (Lipinski definition) is 5. The quantitative estimate of drug-likeness (QED) is 0.148. The van der Waals surface area contributed by atoms with Crippen LogP contribution in [0.25, 0.3) is 0 Å². The predicted octanol–water partition coefficient (Wildman–Crippen LogP) is 8.29. The monoisotopic (exact) mass is 578 g/mol. The molecule has 0 aromatic heterocycles. The third-order valence-electron chi connectivity index (χ3n) is 7.64. The van der Waals surface area contributed by atoms with Gasteiger partial charge in [-0.3, -0.25) is 0 Å². The van der Waals surface area contributed by atoms with E-state index in [4.69, 9.17) is 18.9 Å². The van der Waals surface area contributed by atoms with Crippen molar-refractivity contribution in [2.75, 3.05) is 28.4 Å². The lowest BCUT2D eigenvalue weighted by Crippen LogP contribution is -2.21. The lowest BCUT2D eigenvalue weighted by Gasteiger charge is -2.38. The molecule has 0 bridgehead atoms. The Morgan fingerprint density at radius 1 is 0.429 bits per heavy atom. The van der Waals surface area contributed by atoms with Crippen LogP contribution in [0.1, 0.15) is 33.6 Å². The lowest BCUT2D eigenvalue weighted by molar-refractivity contribution is 0.384. The summed E-state index contributed by atoms with van der Waals surface area (Å²) in [5.41, 5.74) is 1.87. The van der Waals surface area contributed by atoms with Gasteiger partial charge < -0.3 is 23.5 Å². The molecule has 5 rings (SSSR count). The Kier molecular flexibility index (Phi) is 9.00. The minimum atomic E-state index is -3.66. The summed E-state index contributed by atoms with van der Waals surface area (Å²) in [6, 6.07) is 41.0.